The van der Waals surface area contributed by atoms with Crippen LogP contribution in [0, 0.1) is 18.3 Å². The molecule has 0 fully saturated rings. The third-order valence-corrected chi connectivity index (χ3v) is 6.22. The van der Waals surface area contributed by atoms with Gasteiger partial charge in [0.15, 0.2) is 0 Å². The van der Waals surface area contributed by atoms with Gasteiger partial charge in [-0.05, 0) is 60.0 Å². The van der Waals surface area contributed by atoms with Gasteiger partial charge in [-0.25, -0.2) is 13.6 Å². The Morgan fingerprint density at radius 1 is 1.12 bits per heavy atom. The van der Waals surface area contributed by atoms with Crippen molar-refractivity contribution in [3.63, 3.8) is 0 Å². The molecule has 0 saturated carbocycles. The third-order valence-electron chi connectivity index (χ3n) is 5.25. The van der Waals surface area contributed by atoms with Gasteiger partial charge < -0.3 is 10.3 Å². The lowest BCUT2D eigenvalue weighted by atomic mass is 10.0. The van der Waals surface area contributed by atoms with Gasteiger partial charge in [-0.1, -0.05) is 24.3 Å². The van der Waals surface area contributed by atoms with E-state index in [0.29, 0.717) is 22.4 Å². The number of H-pyrrole nitrogens is 1. The topological polar surface area (TPSA) is 129 Å². The maximum Gasteiger partial charge on any atom is 0.238 e. The Hall–Kier alpha value is -3.93. The SMILES string of the molecule is Cc1cc(-c2ccccc2S(N)(=O)=O)ccc1NC(=O)Cc1c[nH]c2ccc(C#N)cc12. The molecule has 8 heteroatoms. The summed E-state index contributed by atoms with van der Waals surface area (Å²) in [5.74, 6) is -0.200. The standard InChI is InChI=1S/C24H20N4O3S/c1-15-10-17(19-4-2-3-5-23(19)32(26,30)31)7-9-21(15)28-24(29)12-18-14-27-22-8-6-16(13-25)11-20(18)22/h2-11,14,27H,12H2,1H3,(H,28,29)(H2,26,30,31). The van der Waals surface area contributed by atoms with Crippen molar-refractivity contribution in [3.8, 4) is 17.2 Å². The third kappa shape index (κ3) is 4.25. The number of nitrogens with two attached hydrogens (primary N) is 1. The first-order valence-electron chi connectivity index (χ1n) is 9.79. The van der Waals surface area contributed by atoms with Crippen molar-refractivity contribution in [2.75, 3.05) is 5.32 Å². The number of hydrogen-bond donors (Lipinski definition) is 3. The molecular formula is C24H20N4O3S. The van der Waals surface area contributed by atoms with Crippen LogP contribution in [0.5, 0.6) is 0 Å². The Morgan fingerprint density at radius 2 is 1.91 bits per heavy atom. The molecule has 0 aliphatic heterocycles. The summed E-state index contributed by atoms with van der Waals surface area (Å²) in [6.07, 6.45) is 1.91. The van der Waals surface area contributed by atoms with Crippen LogP contribution in [0.3, 0.4) is 0 Å². The molecule has 32 heavy (non-hydrogen) atoms. The number of aromatic amines is 1. The smallest absolute Gasteiger partial charge is 0.238 e. The molecule has 1 aromatic heterocycles. The fourth-order valence-corrected chi connectivity index (χ4v) is 4.45. The number of anilines is 1. The maximum absolute atomic E-state index is 12.7. The number of benzene rings is 3. The van der Waals surface area contributed by atoms with Crippen molar-refractivity contribution in [2.24, 2.45) is 5.14 Å². The van der Waals surface area contributed by atoms with E-state index in [4.69, 9.17) is 10.4 Å². The fraction of sp³-hybridized carbons (Fsp3) is 0.0833. The van der Waals surface area contributed by atoms with E-state index >= 15 is 0 Å². The fourth-order valence-electron chi connectivity index (χ4n) is 3.69. The number of nitrogens with one attached hydrogen (secondary N) is 2. The number of nitriles is 1. The van der Waals surface area contributed by atoms with Crippen LogP contribution in [0.1, 0.15) is 16.7 Å². The number of sulfonamides is 1. The molecule has 4 rings (SSSR count). The highest BCUT2D eigenvalue weighted by Crippen LogP contribution is 2.30. The number of carbonyl (C=O) groups is 1. The Balaban J connectivity index is 1.57. The molecule has 0 saturated heterocycles. The predicted octanol–water partition coefficient (Wildman–Crippen LogP) is 3.84. The number of hydrogen-bond acceptors (Lipinski definition) is 4. The largest absolute Gasteiger partial charge is 0.361 e. The molecule has 1 amide bonds. The van der Waals surface area contributed by atoms with Crippen LogP contribution in [0.4, 0.5) is 5.69 Å². The monoisotopic (exact) mass is 444 g/mol. The molecule has 160 valence electrons. The van der Waals surface area contributed by atoms with E-state index in [9.17, 15) is 13.2 Å². The van der Waals surface area contributed by atoms with Gasteiger partial charge in [0.25, 0.3) is 0 Å². The number of primary sulfonamides is 1. The Labute approximate surface area is 185 Å². The summed E-state index contributed by atoms with van der Waals surface area (Å²) < 4.78 is 23.8. The molecule has 0 unspecified atom stereocenters. The van der Waals surface area contributed by atoms with E-state index in [1.54, 1.807) is 48.7 Å². The van der Waals surface area contributed by atoms with E-state index in [-0.39, 0.29) is 17.2 Å². The Kier molecular flexibility index (Phi) is 5.53. The second kappa shape index (κ2) is 8.30. The molecule has 4 aromatic rings. The zero-order chi connectivity index (χ0) is 22.9. The first-order chi connectivity index (χ1) is 15.3. The van der Waals surface area contributed by atoms with Gasteiger partial charge in [-0.2, -0.15) is 5.26 Å². The molecule has 0 radical (unpaired) electrons. The van der Waals surface area contributed by atoms with Gasteiger partial charge in [0, 0.05) is 28.4 Å². The zero-order valence-electron chi connectivity index (χ0n) is 17.2. The van der Waals surface area contributed by atoms with Gasteiger partial charge in [0.1, 0.15) is 0 Å². The van der Waals surface area contributed by atoms with Gasteiger partial charge >= 0.3 is 0 Å². The first-order valence-corrected chi connectivity index (χ1v) is 11.3. The summed E-state index contributed by atoms with van der Waals surface area (Å²) >= 11 is 0. The number of aromatic nitrogens is 1. The van der Waals surface area contributed by atoms with E-state index in [2.05, 4.69) is 16.4 Å². The van der Waals surface area contributed by atoms with Gasteiger partial charge in [0.2, 0.25) is 15.9 Å². The second-order valence-electron chi connectivity index (χ2n) is 7.48. The molecule has 0 aliphatic rings. The minimum Gasteiger partial charge on any atom is -0.361 e. The number of fused-ring (bicyclic) bond motifs is 1. The van der Waals surface area contributed by atoms with Crippen molar-refractivity contribution in [1.29, 1.82) is 5.26 Å². The summed E-state index contributed by atoms with van der Waals surface area (Å²) in [6, 6.07) is 19.2. The van der Waals surface area contributed by atoms with Crippen LogP contribution in [-0.2, 0) is 21.2 Å². The molecule has 0 spiro atoms. The minimum atomic E-state index is -3.87. The maximum atomic E-state index is 12.7. The van der Waals surface area contributed by atoms with Crippen molar-refractivity contribution >= 4 is 32.5 Å². The summed E-state index contributed by atoms with van der Waals surface area (Å²) in [5, 5.41) is 18.2. The van der Waals surface area contributed by atoms with Crippen LogP contribution in [-0.4, -0.2) is 19.3 Å². The number of rotatable bonds is 5. The van der Waals surface area contributed by atoms with Crippen LogP contribution in [0.15, 0.2) is 71.8 Å². The van der Waals surface area contributed by atoms with Crippen LogP contribution < -0.4 is 10.5 Å². The summed E-state index contributed by atoms with van der Waals surface area (Å²) in [7, 11) is -3.87. The van der Waals surface area contributed by atoms with Crippen molar-refractivity contribution in [2.45, 2.75) is 18.2 Å². The van der Waals surface area contributed by atoms with E-state index in [1.807, 2.05) is 19.1 Å². The van der Waals surface area contributed by atoms with Gasteiger partial charge in [-0.3, -0.25) is 4.79 Å². The first kappa shape index (κ1) is 21.3. The van der Waals surface area contributed by atoms with Gasteiger partial charge in [-0.15, -0.1) is 0 Å². The lowest BCUT2D eigenvalue weighted by Gasteiger charge is -2.12. The highest BCUT2D eigenvalue weighted by molar-refractivity contribution is 7.89. The Bertz CT molecular complexity index is 1500. The van der Waals surface area contributed by atoms with E-state index < -0.39 is 10.0 Å². The predicted molar refractivity (Wildman–Crippen MR) is 123 cm³/mol. The minimum absolute atomic E-state index is 0.0484. The molecule has 0 bridgehead atoms. The highest BCUT2D eigenvalue weighted by Gasteiger charge is 2.16. The van der Waals surface area contributed by atoms with Crippen molar-refractivity contribution in [3.05, 3.63) is 83.6 Å². The van der Waals surface area contributed by atoms with Crippen LogP contribution >= 0.6 is 0 Å². The Morgan fingerprint density at radius 3 is 2.62 bits per heavy atom. The van der Waals surface area contributed by atoms with E-state index in [1.165, 1.54) is 6.07 Å². The molecule has 4 N–H and O–H groups in total. The number of amides is 1. The normalized spacial score (nSPS) is 11.3. The average molecular weight is 445 g/mol. The molecule has 0 aliphatic carbocycles. The molecule has 3 aromatic carbocycles. The van der Waals surface area contributed by atoms with E-state index in [0.717, 1.165) is 22.0 Å². The lowest BCUT2D eigenvalue weighted by Crippen LogP contribution is -2.15. The van der Waals surface area contributed by atoms with Gasteiger partial charge in [0.05, 0.1) is 22.9 Å². The lowest BCUT2D eigenvalue weighted by molar-refractivity contribution is -0.115. The molecular weight excluding hydrogens is 424 g/mol. The van der Waals surface area contributed by atoms with Crippen molar-refractivity contribution < 1.29 is 13.2 Å². The molecule has 0 atom stereocenters. The summed E-state index contributed by atoms with van der Waals surface area (Å²) in [5.41, 5.74) is 4.79. The average Bonchev–Trinajstić information content (AvgIpc) is 3.16. The molecule has 1 heterocycles. The second-order valence-corrected chi connectivity index (χ2v) is 9.01. The quantitative estimate of drug-likeness (QED) is 0.432. The summed E-state index contributed by atoms with van der Waals surface area (Å²) in [4.78, 5) is 15.8. The highest BCUT2D eigenvalue weighted by atomic mass is 32.2. The number of aryl methyl sites for hydroxylation is 1. The van der Waals surface area contributed by atoms with Crippen LogP contribution in [0.25, 0.3) is 22.0 Å². The zero-order valence-corrected chi connectivity index (χ0v) is 18.0. The molecule has 7 nitrogen and oxygen atoms in total. The van der Waals surface area contributed by atoms with Crippen molar-refractivity contribution in [1.82, 2.24) is 4.98 Å². The summed E-state index contributed by atoms with van der Waals surface area (Å²) in [6.45, 7) is 1.84. The number of carbonyl (C=O) groups excluding carboxylic acids is 1. The number of nitrogens with zero attached hydrogens (tertiary/aromatic N) is 1. The van der Waals surface area contributed by atoms with Crippen LogP contribution in [0.2, 0.25) is 0 Å².